The fourth-order valence-corrected chi connectivity index (χ4v) is 1.64. The molecule has 0 aliphatic rings. The standard InChI is InChI=1S/C15H21N3O4/c1-15(2,3)22-14(19)17-9-5-4-6-11-7-8-12(16)10-13(11)18(20)21/h4,6-8,10H,5,9,16H2,1-3H3,(H,17,19). The Kier molecular flexibility index (Phi) is 5.91. The van der Waals surface area contributed by atoms with E-state index in [9.17, 15) is 14.9 Å². The molecule has 7 heteroatoms. The number of ether oxygens (including phenoxy) is 1. The van der Waals surface area contributed by atoms with Crippen molar-refractivity contribution in [1.29, 1.82) is 0 Å². The maximum absolute atomic E-state index is 11.4. The van der Waals surface area contributed by atoms with Gasteiger partial charge in [0.15, 0.2) is 0 Å². The van der Waals surface area contributed by atoms with Crippen LogP contribution in [0, 0.1) is 10.1 Å². The second kappa shape index (κ2) is 7.44. The summed E-state index contributed by atoms with van der Waals surface area (Å²) in [5.41, 5.74) is 5.77. The van der Waals surface area contributed by atoms with Gasteiger partial charge < -0.3 is 15.8 Å². The molecular weight excluding hydrogens is 286 g/mol. The van der Waals surface area contributed by atoms with Gasteiger partial charge in [-0.05, 0) is 39.3 Å². The number of amides is 1. The largest absolute Gasteiger partial charge is 0.444 e. The van der Waals surface area contributed by atoms with Crippen LogP contribution >= 0.6 is 0 Å². The van der Waals surface area contributed by atoms with Gasteiger partial charge in [0.05, 0.1) is 10.5 Å². The molecule has 0 bridgehead atoms. The lowest BCUT2D eigenvalue weighted by Gasteiger charge is -2.19. The van der Waals surface area contributed by atoms with E-state index in [0.29, 0.717) is 24.2 Å². The Balaban J connectivity index is 2.50. The molecule has 120 valence electrons. The van der Waals surface area contributed by atoms with Crippen LogP contribution in [0.2, 0.25) is 0 Å². The van der Waals surface area contributed by atoms with E-state index < -0.39 is 16.6 Å². The Hall–Kier alpha value is -2.57. The van der Waals surface area contributed by atoms with E-state index in [2.05, 4.69) is 5.32 Å². The fourth-order valence-electron chi connectivity index (χ4n) is 1.64. The Bertz CT molecular complexity index is 577. The second-order valence-electron chi connectivity index (χ2n) is 5.70. The zero-order valence-corrected chi connectivity index (χ0v) is 13.0. The number of nitro benzene ring substituents is 1. The zero-order valence-electron chi connectivity index (χ0n) is 13.0. The summed E-state index contributed by atoms with van der Waals surface area (Å²) in [5.74, 6) is 0. The van der Waals surface area contributed by atoms with Crippen molar-refractivity contribution in [2.24, 2.45) is 0 Å². The molecule has 0 fully saturated rings. The number of nitrogen functional groups attached to an aromatic ring is 1. The number of nitrogens with two attached hydrogens (primary N) is 1. The predicted octanol–water partition coefficient (Wildman–Crippen LogP) is 3.11. The summed E-state index contributed by atoms with van der Waals surface area (Å²) in [4.78, 5) is 21.9. The van der Waals surface area contributed by atoms with E-state index in [1.165, 1.54) is 6.07 Å². The van der Waals surface area contributed by atoms with E-state index in [1.807, 2.05) is 0 Å². The lowest BCUT2D eigenvalue weighted by molar-refractivity contribution is -0.385. The first kappa shape index (κ1) is 17.5. The van der Waals surface area contributed by atoms with E-state index in [1.54, 1.807) is 45.1 Å². The summed E-state index contributed by atoms with van der Waals surface area (Å²) in [5, 5.41) is 13.5. The van der Waals surface area contributed by atoms with Gasteiger partial charge in [0.1, 0.15) is 5.60 Å². The summed E-state index contributed by atoms with van der Waals surface area (Å²) >= 11 is 0. The number of anilines is 1. The highest BCUT2D eigenvalue weighted by molar-refractivity contribution is 5.68. The van der Waals surface area contributed by atoms with Crippen LogP contribution in [-0.2, 0) is 4.74 Å². The number of nitrogens with zero attached hydrogens (tertiary/aromatic N) is 1. The quantitative estimate of drug-likeness (QED) is 0.376. The number of benzene rings is 1. The number of carbonyl (C=O) groups excluding carboxylic acids is 1. The third-order valence-corrected chi connectivity index (χ3v) is 2.53. The Labute approximate surface area is 129 Å². The molecule has 0 radical (unpaired) electrons. The van der Waals surface area contributed by atoms with Gasteiger partial charge in [-0.3, -0.25) is 10.1 Å². The summed E-state index contributed by atoms with van der Waals surface area (Å²) in [6.45, 7) is 5.74. The lowest BCUT2D eigenvalue weighted by atomic mass is 10.1. The highest BCUT2D eigenvalue weighted by atomic mass is 16.6. The highest BCUT2D eigenvalue weighted by Crippen LogP contribution is 2.22. The minimum Gasteiger partial charge on any atom is -0.444 e. The topological polar surface area (TPSA) is 107 Å². The first-order chi connectivity index (χ1) is 10.2. The average Bonchev–Trinajstić information content (AvgIpc) is 2.37. The van der Waals surface area contributed by atoms with Crippen LogP contribution in [0.15, 0.2) is 24.3 Å². The SMILES string of the molecule is CC(C)(C)OC(=O)NCCC=Cc1ccc(N)cc1[N+](=O)[O-]. The van der Waals surface area contributed by atoms with Crippen molar-refractivity contribution in [1.82, 2.24) is 5.32 Å². The van der Waals surface area contributed by atoms with Crippen molar-refractivity contribution in [2.45, 2.75) is 32.8 Å². The number of hydrogen-bond acceptors (Lipinski definition) is 5. The summed E-state index contributed by atoms with van der Waals surface area (Å²) in [6.07, 6.45) is 3.42. The van der Waals surface area contributed by atoms with Crippen molar-refractivity contribution in [3.63, 3.8) is 0 Å². The lowest BCUT2D eigenvalue weighted by Crippen LogP contribution is -2.32. The van der Waals surface area contributed by atoms with Crippen LogP contribution < -0.4 is 11.1 Å². The van der Waals surface area contributed by atoms with Crippen molar-refractivity contribution in [3.05, 3.63) is 40.0 Å². The molecule has 1 aromatic carbocycles. The van der Waals surface area contributed by atoms with Crippen LogP contribution in [-0.4, -0.2) is 23.2 Å². The maximum atomic E-state index is 11.4. The van der Waals surface area contributed by atoms with Crippen molar-refractivity contribution >= 4 is 23.5 Å². The van der Waals surface area contributed by atoms with E-state index in [0.717, 1.165) is 0 Å². The second-order valence-corrected chi connectivity index (χ2v) is 5.70. The number of carbonyl (C=O) groups is 1. The molecule has 0 aliphatic carbocycles. The van der Waals surface area contributed by atoms with Crippen LogP contribution in [0.5, 0.6) is 0 Å². The van der Waals surface area contributed by atoms with Gasteiger partial charge in [0.2, 0.25) is 0 Å². The molecule has 3 N–H and O–H groups in total. The summed E-state index contributed by atoms with van der Waals surface area (Å²) in [6, 6.07) is 4.51. The molecule has 0 aromatic heterocycles. The number of nitro groups is 1. The van der Waals surface area contributed by atoms with E-state index in [4.69, 9.17) is 10.5 Å². The summed E-state index contributed by atoms with van der Waals surface area (Å²) in [7, 11) is 0. The minimum absolute atomic E-state index is 0.0450. The molecule has 1 rings (SSSR count). The fraction of sp³-hybridized carbons (Fsp3) is 0.400. The van der Waals surface area contributed by atoms with Crippen LogP contribution in [0.4, 0.5) is 16.2 Å². The molecule has 0 atom stereocenters. The number of rotatable bonds is 5. The van der Waals surface area contributed by atoms with Gasteiger partial charge >= 0.3 is 6.09 Å². The predicted molar refractivity (Wildman–Crippen MR) is 85.4 cm³/mol. The molecule has 22 heavy (non-hydrogen) atoms. The molecule has 0 spiro atoms. The first-order valence-corrected chi connectivity index (χ1v) is 6.86. The molecule has 0 saturated carbocycles. The van der Waals surface area contributed by atoms with Crippen LogP contribution in [0.1, 0.15) is 32.8 Å². The van der Waals surface area contributed by atoms with Gasteiger partial charge in [-0.15, -0.1) is 0 Å². The minimum atomic E-state index is -0.537. The summed E-state index contributed by atoms with van der Waals surface area (Å²) < 4.78 is 5.09. The highest BCUT2D eigenvalue weighted by Gasteiger charge is 2.15. The third-order valence-electron chi connectivity index (χ3n) is 2.53. The van der Waals surface area contributed by atoms with Crippen molar-refractivity contribution in [3.8, 4) is 0 Å². The Morgan fingerprint density at radius 2 is 2.14 bits per heavy atom. The number of hydrogen-bond donors (Lipinski definition) is 2. The molecule has 0 aliphatic heterocycles. The maximum Gasteiger partial charge on any atom is 0.407 e. The third kappa shape index (κ3) is 6.25. The van der Waals surface area contributed by atoms with Crippen LogP contribution in [0.3, 0.4) is 0 Å². The number of nitrogens with one attached hydrogen (secondary N) is 1. The van der Waals surface area contributed by atoms with Crippen molar-refractivity contribution in [2.75, 3.05) is 12.3 Å². The monoisotopic (exact) mass is 307 g/mol. The molecule has 0 unspecified atom stereocenters. The first-order valence-electron chi connectivity index (χ1n) is 6.86. The van der Waals surface area contributed by atoms with Gasteiger partial charge in [-0.1, -0.05) is 12.2 Å². The zero-order chi connectivity index (χ0) is 16.8. The molecule has 0 saturated heterocycles. The molecule has 1 aromatic rings. The van der Waals surface area contributed by atoms with Gasteiger partial charge in [-0.25, -0.2) is 4.79 Å². The molecule has 7 nitrogen and oxygen atoms in total. The Morgan fingerprint density at radius 3 is 2.73 bits per heavy atom. The molecular formula is C15H21N3O4. The van der Waals surface area contributed by atoms with E-state index in [-0.39, 0.29) is 5.69 Å². The normalized spacial score (nSPS) is 11.4. The van der Waals surface area contributed by atoms with Crippen molar-refractivity contribution < 1.29 is 14.5 Å². The van der Waals surface area contributed by atoms with Gasteiger partial charge in [0, 0.05) is 18.3 Å². The average molecular weight is 307 g/mol. The Morgan fingerprint density at radius 1 is 1.45 bits per heavy atom. The van der Waals surface area contributed by atoms with Gasteiger partial charge in [-0.2, -0.15) is 0 Å². The number of alkyl carbamates (subject to hydrolysis) is 1. The molecule has 1 amide bonds. The molecule has 0 heterocycles. The van der Waals surface area contributed by atoms with Crippen LogP contribution in [0.25, 0.3) is 6.08 Å². The smallest absolute Gasteiger partial charge is 0.407 e. The van der Waals surface area contributed by atoms with E-state index >= 15 is 0 Å². The van der Waals surface area contributed by atoms with Gasteiger partial charge in [0.25, 0.3) is 5.69 Å².